The first kappa shape index (κ1) is 13.5. The van der Waals surface area contributed by atoms with Gasteiger partial charge in [0.05, 0.1) is 5.25 Å². The van der Waals surface area contributed by atoms with Crippen molar-refractivity contribution in [1.29, 1.82) is 0 Å². The zero-order chi connectivity index (χ0) is 13.7. The minimum atomic E-state index is -0.340. The molecular weight excluding hydrogens is 265 g/mol. The molecule has 1 N–H and O–H groups in total. The molecule has 0 saturated carbocycles. The molecule has 1 aromatic heterocycles. The molecule has 1 heterocycles. The Hall–Kier alpha value is -1.95. The van der Waals surface area contributed by atoms with Gasteiger partial charge in [0.25, 0.3) is 0 Å². The zero-order valence-corrected chi connectivity index (χ0v) is 11.0. The Kier molecular flexibility index (Phi) is 4.46. The topological polar surface area (TPSA) is 54.9 Å². The summed E-state index contributed by atoms with van der Waals surface area (Å²) in [6.07, 6.45) is 3.25. The van der Waals surface area contributed by atoms with E-state index in [1.807, 2.05) is 0 Å². The van der Waals surface area contributed by atoms with E-state index in [1.54, 1.807) is 25.4 Å². The van der Waals surface area contributed by atoms with Gasteiger partial charge in [-0.1, -0.05) is 11.8 Å². The van der Waals surface area contributed by atoms with Gasteiger partial charge in [0.15, 0.2) is 5.16 Å². The molecular formula is C13H12FN3OS. The van der Waals surface area contributed by atoms with Gasteiger partial charge in [0.1, 0.15) is 5.82 Å². The number of amides is 1. The Labute approximate surface area is 114 Å². The molecule has 6 heteroatoms. The van der Waals surface area contributed by atoms with Crippen molar-refractivity contribution in [1.82, 2.24) is 9.97 Å². The van der Waals surface area contributed by atoms with Crippen LogP contribution in [0.5, 0.6) is 0 Å². The summed E-state index contributed by atoms with van der Waals surface area (Å²) >= 11 is 1.27. The molecule has 0 aliphatic rings. The fourth-order valence-electron chi connectivity index (χ4n) is 1.34. The summed E-state index contributed by atoms with van der Waals surface area (Å²) in [6.45, 7) is 1.76. The number of nitrogens with zero attached hydrogens (tertiary/aromatic N) is 2. The average molecular weight is 277 g/mol. The van der Waals surface area contributed by atoms with Crippen molar-refractivity contribution in [3.05, 3.63) is 48.5 Å². The number of nitrogens with one attached hydrogen (secondary N) is 1. The van der Waals surface area contributed by atoms with Gasteiger partial charge in [0.2, 0.25) is 5.91 Å². The lowest BCUT2D eigenvalue weighted by molar-refractivity contribution is -0.115. The molecule has 2 rings (SSSR count). The highest BCUT2D eigenvalue weighted by molar-refractivity contribution is 8.00. The van der Waals surface area contributed by atoms with Gasteiger partial charge >= 0.3 is 0 Å². The lowest BCUT2D eigenvalue weighted by atomic mass is 10.3. The van der Waals surface area contributed by atoms with E-state index in [2.05, 4.69) is 15.3 Å². The molecule has 2 aromatic rings. The van der Waals surface area contributed by atoms with Crippen molar-refractivity contribution in [2.75, 3.05) is 5.32 Å². The van der Waals surface area contributed by atoms with Gasteiger partial charge in [-0.15, -0.1) is 0 Å². The number of carbonyl (C=O) groups is 1. The molecule has 0 spiro atoms. The molecule has 0 fully saturated rings. The second-order valence-electron chi connectivity index (χ2n) is 3.79. The standard InChI is InChI=1S/C13H12FN3OS/c1-9(19-13-15-7-2-8-16-13)12(18)17-11-5-3-10(14)4-6-11/h2-9H,1H3,(H,17,18)/t9-/m1/s1. The van der Waals surface area contributed by atoms with Crippen LogP contribution in [0.3, 0.4) is 0 Å². The van der Waals surface area contributed by atoms with Crippen molar-refractivity contribution < 1.29 is 9.18 Å². The number of halogens is 1. The molecule has 1 atom stereocenters. The third kappa shape index (κ3) is 4.03. The van der Waals surface area contributed by atoms with E-state index in [0.717, 1.165) is 0 Å². The minimum absolute atomic E-state index is 0.177. The lowest BCUT2D eigenvalue weighted by Crippen LogP contribution is -2.22. The first-order valence-electron chi connectivity index (χ1n) is 5.65. The second kappa shape index (κ2) is 6.29. The average Bonchev–Trinajstić information content (AvgIpc) is 2.42. The van der Waals surface area contributed by atoms with Crippen LogP contribution in [0.4, 0.5) is 10.1 Å². The third-order valence-electron chi connectivity index (χ3n) is 2.31. The molecule has 1 amide bonds. The Morgan fingerprint density at radius 2 is 1.89 bits per heavy atom. The molecule has 4 nitrogen and oxygen atoms in total. The maximum Gasteiger partial charge on any atom is 0.237 e. The van der Waals surface area contributed by atoms with Crippen LogP contribution in [0.15, 0.2) is 47.9 Å². The Morgan fingerprint density at radius 3 is 2.53 bits per heavy atom. The summed E-state index contributed by atoms with van der Waals surface area (Å²) in [4.78, 5) is 20.0. The lowest BCUT2D eigenvalue weighted by Gasteiger charge is -2.10. The van der Waals surface area contributed by atoms with Crippen LogP contribution in [-0.4, -0.2) is 21.1 Å². The molecule has 0 saturated heterocycles. The van der Waals surface area contributed by atoms with Crippen LogP contribution in [0.1, 0.15) is 6.92 Å². The van der Waals surface area contributed by atoms with E-state index in [-0.39, 0.29) is 17.0 Å². The van der Waals surface area contributed by atoms with Crippen LogP contribution in [0.25, 0.3) is 0 Å². The van der Waals surface area contributed by atoms with Crippen molar-refractivity contribution in [2.24, 2.45) is 0 Å². The minimum Gasteiger partial charge on any atom is -0.325 e. The van der Waals surface area contributed by atoms with E-state index in [9.17, 15) is 9.18 Å². The summed E-state index contributed by atoms with van der Waals surface area (Å²) in [7, 11) is 0. The summed E-state index contributed by atoms with van der Waals surface area (Å²) in [6, 6.07) is 7.35. The smallest absolute Gasteiger partial charge is 0.237 e. The highest BCUT2D eigenvalue weighted by Crippen LogP contribution is 2.20. The Morgan fingerprint density at radius 1 is 1.26 bits per heavy atom. The second-order valence-corrected chi connectivity index (χ2v) is 5.10. The van der Waals surface area contributed by atoms with Crippen LogP contribution < -0.4 is 5.32 Å². The van der Waals surface area contributed by atoms with Gasteiger partial charge in [-0.2, -0.15) is 0 Å². The zero-order valence-electron chi connectivity index (χ0n) is 10.2. The van der Waals surface area contributed by atoms with Crippen molar-refractivity contribution in [3.63, 3.8) is 0 Å². The monoisotopic (exact) mass is 277 g/mol. The van der Waals surface area contributed by atoms with E-state index in [4.69, 9.17) is 0 Å². The maximum absolute atomic E-state index is 12.7. The molecule has 0 bridgehead atoms. The number of rotatable bonds is 4. The number of carbonyl (C=O) groups excluding carboxylic acids is 1. The predicted molar refractivity (Wildman–Crippen MR) is 72.4 cm³/mol. The van der Waals surface area contributed by atoms with Crippen molar-refractivity contribution >= 4 is 23.4 Å². The van der Waals surface area contributed by atoms with Crippen LogP contribution in [-0.2, 0) is 4.79 Å². The number of benzene rings is 1. The normalized spacial score (nSPS) is 11.9. The maximum atomic E-state index is 12.7. The highest BCUT2D eigenvalue weighted by atomic mass is 32.2. The van der Waals surface area contributed by atoms with Gasteiger partial charge in [-0.05, 0) is 37.3 Å². The molecule has 98 valence electrons. The van der Waals surface area contributed by atoms with Gasteiger partial charge in [0, 0.05) is 18.1 Å². The number of aromatic nitrogens is 2. The molecule has 0 radical (unpaired) electrons. The molecule has 19 heavy (non-hydrogen) atoms. The summed E-state index contributed by atoms with van der Waals surface area (Å²) in [5, 5.41) is 2.91. The number of anilines is 1. The first-order valence-corrected chi connectivity index (χ1v) is 6.53. The summed E-state index contributed by atoms with van der Waals surface area (Å²) in [5.41, 5.74) is 0.563. The Balaban J connectivity index is 1.94. The van der Waals surface area contributed by atoms with E-state index in [1.165, 1.54) is 36.0 Å². The SMILES string of the molecule is C[C@@H](Sc1ncccn1)C(=O)Nc1ccc(F)cc1. The largest absolute Gasteiger partial charge is 0.325 e. The molecule has 0 unspecified atom stereocenters. The van der Waals surface area contributed by atoms with E-state index < -0.39 is 0 Å². The van der Waals surface area contributed by atoms with Gasteiger partial charge < -0.3 is 5.32 Å². The van der Waals surface area contributed by atoms with Crippen LogP contribution in [0, 0.1) is 5.82 Å². The molecule has 1 aromatic carbocycles. The van der Waals surface area contributed by atoms with Crippen molar-refractivity contribution in [3.8, 4) is 0 Å². The van der Waals surface area contributed by atoms with E-state index >= 15 is 0 Å². The predicted octanol–water partition coefficient (Wildman–Crippen LogP) is 2.74. The Bertz CT molecular complexity index is 548. The number of thioether (sulfide) groups is 1. The quantitative estimate of drug-likeness (QED) is 0.689. The third-order valence-corrected chi connectivity index (χ3v) is 3.29. The van der Waals surface area contributed by atoms with E-state index in [0.29, 0.717) is 10.8 Å². The summed E-state index contributed by atoms with van der Waals surface area (Å²) < 4.78 is 12.7. The van der Waals surface area contributed by atoms with Crippen LogP contribution >= 0.6 is 11.8 Å². The van der Waals surface area contributed by atoms with Crippen molar-refractivity contribution in [2.45, 2.75) is 17.3 Å². The first-order chi connectivity index (χ1) is 9.15. The highest BCUT2D eigenvalue weighted by Gasteiger charge is 2.15. The van der Waals surface area contributed by atoms with Gasteiger partial charge in [-0.25, -0.2) is 14.4 Å². The fourth-order valence-corrected chi connectivity index (χ4v) is 2.06. The van der Waals surface area contributed by atoms with Crippen LogP contribution in [0.2, 0.25) is 0 Å². The molecule has 0 aliphatic carbocycles. The fraction of sp³-hybridized carbons (Fsp3) is 0.154. The molecule has 0 aliphatic heterocycles. The van der Waals surface area contributed by atoms with Gasteiger partial charge in [-0.3, -0.25) is 4.79 Å². The number of hydrogen-bond donors (Lipinski definition) is 1. The summed E-state index contributed by atoms with van der Waals surface area (Å²) in [5.74, 6) is -0.512. The number of hydrogen-bond acceptors (Lipinski definition) is 4.